The van der Waals surface area contributed by atoms with Gasteiger partial charge in [0.1, 0.15) is 5.60 Å². The van der Waals surface area contributed by atoms with Crippen molar-refractivity contribution in [2.24, 2.45) is 5.92 Å². The quantitative estimate of drug-likeness (QED) is 0.797. The number of anilines is 1. The maximum atomic E-state index is 12.2. The second-order valence-electron chi connectivity index (χ2n) is 9.66. The molecule has 10 heteroatoms. The van der Waals surface area contributed by atoms with Crippen molar-refractivity contribution < 1.29 is 27.4 Å². The number of alkyl carbamates (subject to hydrolysis) is 1. The van der Waals surface area contributed by atoms with Crippen LogP contribution in [0.1, 0.15) is 46.5 Å². The second-order valence-corrected chi connectivity index (χ2v) is 9.66. The molecule has 4 aliphatic rings. The number of halogens is 3. The summed E-state index contributed by atoms with van der Waals surface area (Å²) in [6.07, 6.45) is 1.84. The molecule has 1 saturated heterocycles. The van der Waals surface area contributed by atoms with Crippen LogP contribution in [0.5, 0.6) is 0 Å². The Kier molecular flexibility index (Phi) is 4.56. The number of nitrogens with zero attached hydrogens (tertiary/aromatic N) is 3. The van der Waals surface area contributed by atoms with Gasteiger partial charge in [-0.1, -0.05) is 0 Å². The predicted octanol–water partition coefficient (Wildman–Crippen LogP) is 3.40. The maximum absolute atomic E-state index is 12.2. The Morgan fingerprint density at radius 2 is 2.00 bits per heavy atom. The lowest BCUT2D eigenvalue weighted by Gasteiger charge is -2.69. The Morgan fingerprint density at radius 1 is 1.31 bits per heavy atom. The Balaban J connectivity index is 1.28. The molecular weight excluding hydrogens is 389 g/mol. The minimum Gasteiger partial charge on any atom is -0.444 e. The molecule has 1 N–H and O–H groups in total. The molecule has 3 saturated carbocycles. The molecule has 0 aromatic carbocycles. The maximum Gasteiger partial charge on any atom is 0.522 e. The summed E-state index contributed by atoms with van der Waals surface area (Å²) in [6, 6.07) is 0. The number of ether oxygens (including phenoxy) is 2. The molecule has 1 aromatic heterocycles. The molecule has 1 atom stereocenters. The van der Waals surface area contributed by atoms with Crippen molar-refractivity contribution in [2.45, 2.75) is 69.5 Å². The van der Waals surface area contributed by atoms with E-state index in [-0.39, 0.29) is 23.6 Å². The van der Waals surface area contributed by atoms with Crippen molar-refractivity contribution in [3.05, 3.63) is 12.4 Å². The number of alkyl halides is 3. The summed E-state index contributed by atoms with van der Waals surface area (Å²) in [5.41, 5.74) is 0.104. The molecule has 4 fully saturated rings. The molecule has 162 valence electrons. The third-order valence-corrected chi connectivity index (χ3v) is 5.96. The first kappa shape index (κ1) is 20.3. The summed E-state index contributed by atoms with van der Waals surface area (Å²) >= 11 is 0. The van der Waals surface area contributed by atoms with Gasteiger partial charge in [0.15, 0.2) is 0 Å². The van der Waals surface area contributed by atoms with Gasteiger partial charge < -0.3 is 15.0 Å². The Labute approximate surface area is 167 Å². The molecule has 29 heavy (non-hydrogen) atoms. The normalized spacial score (nSPS) is 31.2. The van der Waals surface area contributed by atoms with Gasteiger partial charge in [0, 0.05) is 25.2 Å². The second kappa shape index (κ2) is 6.52. The zero-order valence-corrected chi connectivity index (χ0v) is 16.9. The minimum atomic E-state index is -4.58. The number of hydrogen-bond donors (Lipinski definition) is 1. The van der Waals surface area contributed by atoms with Crippen LogP contribution >= 0.6 is 0 Å². The highest BCUT2D eigenvalue weighted by Crippen LogP contribution is 2.65. The third kappa shape index (κ3) is 4.17. The van der Waals surface area contributed by atoms with E-state index in [0.717, 1.165) is 24.9 Å². The van der Waals surface area contributed by atoms with Gasteiger partial charge in [-0.15, -0.1) is 13.2 Å². The van der Waals surface area contributed by atoms with Gasteiger partial charge in [-0.2, -0.15) is 5.10 Å². The summed E-state index contributed by atoms with van der Waals surface area (Å²) in [4.78, 5) is 14.1. The highest BCUT2D eigenvalue weighted by Gasteiger charge is 2.70. The van der Waals surface area contributed by atoms with Gasteiger partial charge in [-0.05, 0) is 46.5 Å². The molecule has 2 bridgehead atoms. The van der Waals surface area contributed by atoms with Crippen molar-refractivity contribution in [1.82, 2.24) is 15.1 Å². The number of amides is 1. The third-order valence-electron chi connectivity index (χ3n) is 5.96. The van der Waals surface area contributed by atoms with E-state index in [4.69, 9.17) is 4.74 Å². The van der Waals surface area contributed by atoms with Crippen LogP contribution in [0.3, 0.4) is 0 Å². The molecule has 1 amide bonds. The van der Waals surface area contributed by atoms with Gasteiger partial charge in [0.05, 0.1) is 29.6 Å². The van der Waals surface area contributed by atoms with Crippen LogP contribution in [0.15, 0.2) is 12.4 Å². The summed E-state index contributed by atoms with van der Waals surface area (Å²) in [6.45, 7) is 6.41. The molecular formula is C19H27F3N4O3. The van der Waals surface area contributed by atoms with Crippen molar-refractivity contribution in [3.8, 4) is 0 Å². The van der Waals surface area contributed by atoms with E-state index in [0.29, 0.717) is 19.5 Å². The summed E-state index contributed by atoms with van der Waals surface area (Å²) in [5, 5.41) is 7.48. The number of nitrogens with one attached hydrogen (secondary N) is 1. The molecule has 0 unspecified atom stereocenters. The molecule has 1 aliphatic heterocycles. The molecule has 3 aliphatic carbocycles. The Bertz CT molecular complexity index is 767. The molecule has 5 rings (SSSR count). The van der Waals surface area contributed by atoms with Crippen LogP contribution in [-0.2, 0) is 15.0 Å². The standard InChI is InChI=1S/C19H27F3N4O3/c1-16(2,3)29-15(27)24-17-10-18(11-17,12-17)26-8-14(6-23-26)25-5-4-13(7-25)9-28-19(20,21)22/h6,8,13H,4-5,7,9-12H2,1-3H3,(H,24,27)/t13-,17?,18?/m1/s1. The van der Waals surface area contributed by atoms with Crippen LogP contribution < -0.4 is 10.2 Å². The van der Waals surface area contributed by atoms with Crippen molar-refractivity contribution in [2.75, 3.05) is 24.6 Å². The largest absolute Gasteiger partial charge is 0.522 e. The first-order valence-electron chi connectivity index (χ1n) is 9.89. The van der Waals surface area contributed by atoms with E-state index in [9.17, 15) is 18.0 Å². The van der Waals surface area contributed by atoms with Crippen molar-refractivity contribution >= 4 is 11.8 Å². The van der Waals surface area contributed by atoms with Crippen LogP contribution in [0.25, 0.3) is 0 Å². The lowest BCUT2D eigenvalue weighted by molar-refractivity contribution is -0.327. The predicted molar refractivity (Wildman–Crippen MR) is 98.5 cm³/mol. The zero-order valence-electron chi connectivity index (χ0n) is 16.9. The average Bonchev–Trinajstić information content (AvgIpc) is 3.13. The topological polar surface area (TPSA) is 68.6 Å². The molecule has 0 spiro atoms. The smallest absolute Gasteiger partial charge is 0.444 e. The van der Waals surface area contributed by atoms with E-state index in [1.165, 1.54) is 0 Å². The fraction of sp³-hybridized carbons (Fsp3) is 0.789. The van der Waals surface area contributed by atoms with E-state index in [1.807, 2.05) is 36.5 Å². The summed E-state index contributed by atoms with van der Waals surface area (Å²) in [5.74, 6) is -0.142. The number of aromatic nitrogens is 2. The van der Waals surface area contributed by atoms with Gasteiger partial charge in [-0.25, -0.2) is 4.79 Å². The zero-order chi connectivity index (χ0) is 21.1. The fourth-order valence-corrected chi connectivity index (χ4v) is 4.78. The van der Waals surface area contributed by atoms with Crippen LogP contribution in [-0.4, -0.2) is 53.1 Å². The highest BCUT2D eigenvalue weighted by molar-refractivity contribution is 5.70. The monoisotopic (exact) mass is 416 g/mol. The van der Waals surface area contributed by atoms with E-state index >= 15 is 0 Å². The van der Waals surface area contributed by atoms with E-state index < -0.39 is 18.1 Å². The molecule has 1 aromatic rings. The van der Waals surface area contributed by atoms with Gasteiger partial charge in [-0.3, -0.25) is 9.42 Å². The molecule has 7 nitrogen and oxygen atoms in total. The summed E-state index contributed by atoms with van der Waals surface area (Å²) in [7, 11) is 0. The van der Waals surface area contributed by atoms with Gasteiger partial charge >= 0.3 is 12.5 Å². The number of rotatable bonds is 5. The number of hydrogen-bond acceptors (Lipinski definition) is 5. The molecule has 0 radical (unpaired) electrons. The highest BCUT2D eigenvalue weighted by atomic mass is 19.4. The lowest BCUT2D eigenvalue weighted by atomic mass is 9.44. The first-order chi connectivity index (χ1) is 13.4. The number of carbonyl (C=O) groups excluding carboxylic acids is 1. The van der Waals surface area contributed by atoms with Crippen molar-refractivity contribution in [1.29, 1.82) is 0 Å². The van der Waals surface area contributed by atoms with Crippen LogP contribution in [0, 0.1) is 5.92 Å². The lowest BCUT2D eigenvalue weighted by Crippen LogP contribution is -2.79. The summed E-state index contributed by atoms with van der Waals surface area (Å²) < 4.78 is 47.9. The SMILES string of the molecule is CC(C)(C)OC(=O)NC12CC(n3cc(N4CC[C@@H](COC(F)(F)F)C4)cn3)(C1)C2. The van der Waals surface area contributed by atoms with Gasteiger partial charge in [0.25, 0.3) is 0 Å². The van der Waals surface area contributed by atoms with Crippen molar-refractivity contribution in [3.63, 3.8) is 0 Å². The minimum absolute atomic E-state index is 0.0776. The van der Waals surface area contributed by atoms with Gasteiger partial charge in [0.2, 0.25) is 0 Å². The Morgan fingerprint density at radius 3 is 2.62 bits per heavy atom. The fourth-order valence-electron chi connectivity index (χ4n) is 4.78. The molecule has 2 heterocycles. The van der Waals surface area contributed by atoms with Crippen LogP contribution in [0.4, 0.5) is 23.7 Å². The van der Waals surface area contributed by atoms with E-state index in [1.54, 1.807) is 6.20 Å². The number of carbonyl (C=O) groups is 1. The van der Waals surface area contributed by atoms with E-state index in [2.05, 4.69) is 15.2 Å². The van der Waals surface area contributed by atoms with Crippen LogP contribution in [0.2, 0.25) is 0 Å². The Hall–Kier alpha value is -1.97. The average molecular weight is 416 g/mol. The first-order valence-corrected chi connectivity index (χ1v) is 9.89.